The van der Waals surface area contributed by atoms with Crippen LogP contribution in [0.15, 0.2) is 231 Å². The molecule has 13 rings (SSSR count). The first-order valence-electron chi connectivity index (χ1n) is 21.5. The summed E-state index contributed by atoms with van der Waals surface area (Å²) in [7, 11) is 0. The lowest BCUT2D eigenvalue weighted by molar-refractivity contribution is 0.637. The fraction of sp³-hybridized carbons (Fsp3) is 0.0333. The van der Waals surface area contributed by atoms with Crippen molar-refractivity contribution in [3.05, 3.63) is 275 Å². The van der Waals surface area contributed by atoms with Gasteiger partial charge in [0.2, 0.25) is 0 Å². The van der Waals surface area contributed by atoms with Crippen molar-refractivity contribution in [3.8, 4) is 67.3 Å². The molecular weight excluding hydrogens is 749 g/mol. The number of hydrogen-bond acceptors (Lipinski definition) is 2. The third kappa shape index (κ3) is 4.64. The van der Waals surface area contributed by atoms with Crippen molar-refractivity contribution in [1.82, 2.24) is 9.97 Å². The van der Waals surface area contributed by atoms with Gasteiger partial charge in [0.1, 0.15) is 0 Å². The molecule has 0 aliphatic heterocycles. The molecule has 0 N–H and O–H groups in total. The maximum atomic E-state index is 5.25. The third-order valence-electron chi connectivity index (χ3n) is 13.8. The summed E-state index contributed by atoms with van der Waals surface area (Å²) in [4.78, 5) is 10.4. The molecule has 1 spiro atoms. The second kappa shape index (κ2) is 13.3. The van der Waals surface area contributed by atoms with Gasteiger partial charge in [-0.05, 0) is 90.0 Å². The molecule has 0 fully saturated rings. The van der Waals surface area contributed by atoms with E-state index in [1.54, 1.807) is 0 Å². The highest BCUT2D eigenvalue weighted by Crippen LogP contribution is 2.69. The minimum Gasteiger partial charge on any atom is -0.228 e. The Kier molecular flexibility index (Phi) is 7.47. The SMILES string of the molecule is c1ccc(-c2cc(-c3cccc(-c4cccc5c4C4(c6ccccc6-5)c5ccccc5C5(c6ccccc6)c6ccccc6-c6cccc4c65)c3)nc(-c3ccccc3)n2)cc1. The Balaban J connectivity index is 1.10. The van der Waals surface area contributed by atoms with Crippen LogP contribution in [-0.4, -0.2) is 9.97 Å². The molecule has 0 amide bonds. The summed E-state index contributed by atoms with van der Waals surface area (Å²) in [5.74, 6) is 0.710. The van der Waals surface area contributed by atoms with Crippen molar-refractivity contribution in [3.63, 3.8) is 0 Å². The van der Waals surface area contributed by atoms with E-state index in [1.807, 2.05) is 24.3 Å². The average molecular weight is 787 g/mol. The lowest BCUT2D eigenvalue weighted by atomic mass is 9.52. The number of hydrogen-bond donors (Lipinski definition) is 0. The van der Waals surface area contributed by atoms with E-state index in [0.717, 1.165) is 33.6 Å². The number of nitrogens with zero attached hydrogens (tertiary/aromatic N) is 2. The summed E-state index contributed by atoms with van der Waals surface area (Å²) >= 11 is 0. The summed E-state index contributed by atoms with van der Waals surface area (Å²) < 4.78 is 0. The summed E-state index contributed by atoms with van der Waals surface area (Å²) in [6.07, 6.45) is 0. The van der Waals surface area contributed by atoms with E-state index in [2.05, 4.69) is 206 Å². The second-order valence-electron chi connectivity index (χ2n) is 16.7. The van der Waals surface area contributed by atoms with E-state index in [1.165, 1.54) is 72.3 Å². The van der Waals surface area contributed by atoms with Gasteiger partial charge in [-0.1, -0.05) is 218 Å². The number of fused-ring (bicyclic) bond motifs is 12. The van der Waals surface area contributed by atoms with E-state index >= 15 is 0 Å². The fourth-order valence-electron chi connectivity index (χ4n) is 11.5. The molecule has 62 heavy (non-hydrogen) atoms. The molecule has 0 bridgehead atoms. The molecule has 0 radical (unpaired) electrons. The molecular formula is C60H38N2. The van der Waals surface area contributed by atoms with Crippen LogP contribution in [0.2, 0.25) is 0 Å². The number of rotatable bonds is 5. The lowest BCUT2D eigenvalue weighted by Crippen LogP contribution is -2.43. The van der Waals surface area contributed by atoms with Gasteiger partial charge in [-0.25, -0.2) is 9.97 Å². The topological polar surface area (TPSA) is 25.8 Å². The molecule has 3 aliphatic carbocycles. The highest BCUT2D eigenvalue weighted by molar-refractivity contribution is 5.98. The van der Waals surface area contributed by atoms with Crippen LogP contribution in [0, 0.1) is 0 Å². The third-order valence-corrected chi connectivity index (χ3v) is 13.8. The predicted molar refractivity (Wildman–Crippen MR) is 252 cm³/mol. The summed E-state index contributed by atoms with van der Waals surface area (Å²) in [6, 6.07) is 84.7. The zero-order chi connectivity index (χ0) is 40.8. The molecule has 2 atom stereocenters. The Bertz CT molecular complexity index is 3350. The summed E-state index contributed by atoms with van der Waals surface area (Å²) in [6.45, 7) is 0. The van der Waals surface area contributed by atoms with Gasteiger partial charge in [0.15, 0.2) is 5.82 Å². The van der Waals surface area contributed by atoms with Crippen molar-refractivity contribution in [2.24, 2.45) is 0 Å². The predicted octanol–water partition coefficient (Wildman–Crippen LogP) is 14.2. The molecule has 288 valence electrons. The Morgan fingerprint density at radius 2 is 0.694 bits per heavy atom. The van der Waals surface area contributed by atoms with Crippen LogP contribution in [0.25, 0.3) is 67.3 Å². The highest BCUT2D eigenvalue weighted by Gasteiger charge is 2.60. The van der Waals surface area contributed by atoms with Gasteiger partial charge in [0, 0.05) is 16.7 Å². The van der Waals surface area contributed by atoms with Gasteiger partial charge in [0.05, 0.1) is 22.2 Å². The fourth-order valence-corrected chi connectivity index (χ4v) is 11.5. The molecule has 1 heterocycles. The molecule has 0 saturated carbocycles. The monoisotopic (exact) mass is 786 g/mol. The Hall–Kier alpha value is -7.94. The first kappa shape index (κ1) is 34.9. The van der Waals surface area contributed by atoms with Crippen LogP contribution in [0.3, 0.4) is 0 Å². The van der Waals surface area contributed by atoms with Crippen molar-refractivity contribution in [2.45, 2.75) is 10.8 Å². The maximum absolute atomic E-state index is 5.25. The van der Waals surface area contributed by atoms with Gasteiger partial charge >= 0.3 is 0 Å². The number of benzene rings is 9. The first-order chi connectivity index (χ1) is 30.8. The van der Waals surface area contributed by atoms with Crippen LogP contribution in [0.1, 0.15) is 44.5 Å². The maximum Gasteiger partial charge on any atom is 0.160 e. The zero-order valence-electron chi connectivity index (χ0n) is 33.8. The van der Waals surface area contributed by atoms with E-state index in [9.17, 15) is 0 Å². The van der Waals surface area contributed by atoms with Gasteiger partial charge in [-0.2, -0.15) is 0 Å². The Morgan fingerprint density at radius 1 is 0.258 bits per heavy atom. The van der Waals surface area contributed by atoms with Crippen molar-refractivity contribution >= 4 is 0 Å². The molecule has 3 aliphatic rings. The van der Waals surface area contributed by atoms with Gasteiger partial charge in [0.25, 0.3) is 0 Å². The minimum atomic E-state index is -0.601. The molecule has 0 saturated heterocycles. The first-order valence-corrected chi connectivity index (χ1v) is 21.5. The summed E-state index contributed by atoms with van der Waals surface area (Å²) in [5.41, 5.74) is 22.0. The molecule has 10 aromatic rings. The minimum absolute atomic E-state index is 0.488. The van der Waals surface area contributed by atoms with Crippen molar-refractivity contribution in [1.29, 1.82) is 0 Å². The quantitative estimate of drug-likeness (QED) is 0.174. The normalized spacial score (nSPS) is 17.2. The second-order valence-corrected chi connectivity index (χ2v) is 16.7. The van der Waals surface area contributed by atoms with Gasteiger partial charge < -0.3 is 0 Å². The van der Waals surface area contributed by atoms with E-state index in [4.69, 9.17) is 9.97 Å². The average Bonchev–Trinajstić information content (AvgIpc) is 3.83. The zero-order valence-corrected chi connectivity index (χ0v) is 33.8. The standard InChI is InChI=1S/C60H38N2/c1-4-19-39(20-5-1)54-38-55(62-58(61-54)40-21-6-2-7-22-40)42-24-16-23-41(37-42)44-29-17-30-47-45-27-11-13-33-50(45)60(56(44)47)52-35-15-14-34-51(52)59(43-25-8-3-9-26-43)49-32-12-10-28-46(49)48-31-18-36-53(60)57(48)59/h1-38H. The van der Waals surface area contributed by atoms with Crippen molar-refractivity contribution < 1.29 is 0 Å². The van der Waals surface area contributed by atoms with Gasteiger partial charge in [-0.3, -0.25) is 0 Å². The Morgan fingerprint density at radius 3 is 1.39 bits per heavy atom. The smallest absolute Gasteiger partial charge is 0.160 e. The molecule has 9 aromatic carbocycles. The van der Waals surface area contributed by atoms with Crippen LogP contribution >= 0.6 is 0 Å². The van der Waals surface area contributed by atoms with E-state index in [-0.39, 0.29) is 0 Å². The van der Waals surface area contributed by atoms with Crippen LogP contribution in [-0.2, 0) is 10.8 Å². The summed E-state index contributed by atoms with van der Waals surface area (Å²) in [5, 5.41) is 0. The van der Waals surface area contributed by atoms with Crippen LogP contribution < -0.4 is 0 Å². The molecule has 1 aromatic heterocycles. The van der Waals surface area contributed by atoms with Crippen molar-refractivity contribution in [2.75, 3.05) is 0 Å². The molecule has 2 heteroatoms. The highest BCUT2D eigenvalue weighted by atomic mass is 14.9. The van der Waals surface area contributed by atoms with E-state index < -0.39 is 10.8 Å². The van der Waals surface area contributed by atoms with Crippen LogP contribution in [0.4, 0.5) is 0 Å². The van der Waals surface area contributed by atoms with Gasteiger partial charge in [-0.15, -0.1) is 0 Å². The van der Waals surface area contributed by atoms with Crippen LogP contribution in [0.5, 0.6) is 0 Å². The number of aromatic nitrogens is 2. The lowest BCUT2D eigenvalue weighted by Gasteiger charge is -2.48. The molecule has 2 unspecified atom stereocenters. The Labute approximate surface area is 361 Å². The largest absolute Gasteiger partial charge is 0.228 e. The molecule has 2 nitrogen and oxygen atoms in total. The van der Waals surface area contributed by atoms with E-state index in [0.29, 0.717) is 5.82 Å².